The van der Waals surface area contributed by atoms with E-state index in [1.807, 2.05) is 47.4 Å². The summed E-state index contributed by atoms with van der Waals surface area (Å²) in [5.74, 6) is -0.208. The first kappa shape index (κ1) is 25.7. The Morgan fingerprint density at radius 1 is 0.825 bits per heavy atom. The van der Waals surface area contributed by atoms with Gasteiger partial charge in [-0.05, 0) is 72.4 Å². The fraction of sp³-hybridized carbons (Fsp3) is 0.276. The first-order valence-electron chi connectivity index (χ1n) is 12.9. The maximum atomic E-state index is 13.7. The van der Waals surface area contributed by atoms with Crippen LogP contribution in [0.15, 0.2) is 71.1 Å². The van der Waals surface area contributed by atoms with Gasteiger partial charge in [-0.25, -0.2) is 4.79 Å². The Kier molecular flexibility index (Phi) is 6.79. The molecule has 2 aliphatic rings. The standard InChI is InChI=1S/C29H25F3N4O4/c30-29(31,32)27-34-33-26(40-27)21-6-4-19(5-7-21)17-36(28(37)35-14-2-1-3-15-35)23-11-8-20(9-12-23)22-10-13-24-25(16-22)39-18-38-24/h4-13,16H,1-3,14-15,17-18H2. The summed E-state index contributed by atoms with van der Waals surface area (Å²) in [5, 5.41) is 6.59. The van der Waals surface area contributed by atoms with E-state index < -0.39 is 12.1 Å². The molecule has 1 saturated heterocycles. The number of piperidine rings is 1. The maximum absolute atomic E-state index is 13.7. The first-order valence-corrected chi connectivity index (χ1v) is 12.9. The highest BCUT2D eigenvalue weighted by Gasteiger charge is 2.38. The number of likely N-dealkylation sites (tertiary alicyclic amines) is 1. The molecule has 3 aromatic carbocycles. The number of halogens is 3. The summed E-state index contributed by atoms with van der Waals surface area (Å²) >= 11 is 0. The normalized spacial score (nSPS) is 14.8. The predicted octanol–water partition coefficient (Wildman–Crippen LogP) is 6.76. The molecule has 206 valence electrons. The van der Waals surface area contributed by atoms with Gasteiger partial charge in [-0.1, -0.05) is 30.3 Å². The molecule has 0 N–H and O–H groups in total. The minimum absolute atomic E-state index is 0.0914. The summed E-state index contributed by atoms with van der Waals surface area (Å²) < 4.78 is 54.2. The summed E-state index contributed by atoms with van der Waals surface area (Å²) in [7, 11) is 0. The predicted molar refractivity (Wildman–Crippen MR) is 140 cm³/mol. The lowest BCUT2D eigenvalue weighted by molar-refractivity contribution is -0.156. The quantitative estimate of drug-likeness (QED) is 0.273. The molecule has 1 fully saturated rings. The number of rotatable bonds is 5. The molecule has 8 nitrogen and oxygen atoms in total. The van der Waals surface area contributed by atoms with Crippen molar-refractivity contribution in [2.75, 3.05) is 24.8 Å². The number of fused-ring (bicyclic) bond motifs is 1. The molecule has 0 spiro atoms. The Bertz CT molecular complexity index is 1500. The lowest BCUT2D eigenvalue weighted by atomic mass is 10.0. The van der Waals surface area contributed by atoms with Crippen LogP contribution in [0.3, 0.4) is 0 Å². The van der Waals surface area contributed by atoms with Crippen LogP contribution in [0.25, 0.3) is 22.6 Å². The summed E-state index contributed by atoms with van der Waals surface area (Å²) in [6.07, 6.45) is -1.69. The van der Waals surface area contributed by atoms with E-state index in [1.165, 1.54) is 0 Å². The van der Waals surface area contributed by atoms with Crippen molar-refractivity contribution < 1.29 is 31.9 Å². The van der Waals surface area contributed by atoms with Crippen molar-refractivity contribution >= 4 is 11.7 Å². The molecule has 0 unspecified atom stereocenters. The van der Waals surface area contributed by atoms with Gasteiger partial charge < -0.3 is 18.8 Å². The fourth-order valence-corrected chi connectivity index (χ4v) is 4.82. The molecule has 0 saturated carbocycles. The van der Waals surface area contributed by atoms with E-state index in [1.54, 1.807) is 29.2 Å². The SMILES string of the molecule is O=C(N1CCCCC1)N(Cc1ccc(-c2nnc(C(F)(F)F)o2)cc1)c1ccc(-c2ccc3c(c2)OCO3)cc1. The van der Waals surface area contributed by atoms with Gasteiger partial charge in [0, 0.05) is 24.3 Å². The number of carbonyl (C=O) groups is 1. The van der Waals surface area contributed by atoms with Gasteiger partial charge in [0.25, 0.3) is 0 Å². The van der Waals surface area contributed by atoms with Crippen LogP contribution in [0.2, 0.25) is 0 Å². The number of nitrogens with zero attached hydrogens (tertiary/aromatic N) is 4. The van der Waals surface area contributed by atoms with Gasteiger partial charge in [0.15, 0.2) is 11.5 Å². The Labute approximate surface area is 227 Å². The van der Waals surface area contributed by atoms with Crippen LogP contribution >= 0.6 is 0 Å². The largest absolute Gasteiger partial charge is 0.470 e. The van der Waals surface area contributed by atoms with Crippen molar-refractivity contribution in [2.24, 2.45) is 0 Å². The van der Waals surface area contributed by atoms with Crippen LogP contribution in [0.1, 0.15) is 30.7 Å². The Balaban J connectivity index is 1.24. The van der Waals surface area contributed by atoms with Crippen molar-refractivity contribution in [3.8, 4) is 34.1 Å². The molecule has 6 rings (SSSR count). The zero-order chi connectivity index (χ0) is 27.7. The Hall–Kier alpha value is -4.54. The van der Waals surface area contributed by atoms with E-state index in [9.17, 15) is 18.0 Å². The van der Waals surface area contributed by atoms with E-state index in [0.29, 0.717) is 30.2 Å². The van der Waals surface area contributed by atoms with Gasteiger partial charge in [-0.3, -0.25) is 4.90 Å². The van der Waals surface area contributed by atoms with Gasteiger partial charge in [0.1, 0.15) is 0 Å². The van der Waals surface area contributed by atoms with Crippen LogP contribution in [0, 0.1) is 0 Å². The second-order valence-electron chi connectivity index (χ2n) is 9.64. The molecule has 0 aliphatic carbocycles. The second kappa shape index (κ2) is 10.6. The van der Waals surface area contributed by atoms with Crippen LogP contribution in [-0.2, 0) is 12.7 Å². The molecule has 0 radical (unpaired) electrons. The number of hydrogen-bond acceptors (Lipinski definition) is 6. The number of ether oxygens (including phenoxy) is 2. The van der Waals surface area contributed by atoms with Gasteiger partial charge in [-0.15, -0.1) is 10.2 Å². The van der Waals surface area contributed by atoms with Crippen molar-refractivity contribution in [1.82, 2.24) is 15.1 Å². The molecule has 0 atom stereocenters. The van der Waals surface area contributed by atoms with Gasteiger partial charge in [-0.2, -0.15) is 13.2 Å². The smallest absolute Gasteiger partial charge is 0.454 e. The van der Waals surface area contributed by atoms with Crippen LogP contribution < -0.4 is 14.4 Å². The third-order valence-electron chi connectivity index (χ3n) is 6.95. The van der Waals surface area contributed by atoms with Crippen molar-refractivity contribution in [2.45, 2.75) is 32.0 Å². The van der Waals surface area contributed by atoms with Gasteiger partial charge in [0.05, 0.1) is 6.54 Å². The van der Waals surface area contributed by atoms with Crippen LogP contribution in [0.4, 0.5) is 23.7 Å². The summed E-state index contributed by atoms with van der Waals surface area (Å²) in [4.78, 5) is 17.2. The summed E-state index contributed by atoms with van der Waals surface area (Å²) in [6, 6.07) is 20.1. The second-order valence-corrected chi connectivity index (χ2v) is 9.64. The average Bonchev–Trinajstić information content (AvgIpc) is 3.67. The molecular weight excluding hydrogens is 525 g/mol. The third kappa shape index (κ3) is 5.31. The molecule has 2 aliphatic heterocycles. The minimum atomic E-state index is -4.71. The summed E-state index contributed by atoms with van der Waals surface area (Å²) in [6.45, 7) is 1.87. The van der Waals surface area contributed by atoms with Gasteiger partial charge in [0.2, 0.25) is 12.7 Å². The molecule has 1 aromatic heterocycles. The van der Waals surface area contributed by atoms with Crippen molar-refractivity contribution in [1.29, 1.82) is 0 Å². The van der Waals surface area contributed by atoms with Crippen molar-refractivity contribution in [3.63, 3.8) is 0 Å². The lowest BCUT2D eigenvalue weighted by Crippen LogP contribution is -2.45. The topological polar surface area (TPSA) is 80.9 Å². The molecule has 2 amide bonds. The van der Waals surface area contributed by atoms with Crippen LogP contribution in [0.5, 0.6) is 11.5 Å². The first-order chi connectivity index (χ1) is 19.3. The Morgan fingerprint density at radius 3 is 2.20 bits per heavy atom. The molecule has 3 heterocycles. The van der Waals surface area contributed by atoms with Crippen LogP contribution in [-0.4, -0.2) is 41.0 Å². The molecule has 4 aromatic rings. The zero-order valence-corrected chi connectivity index (χ0v) is 21.4. The molecular formula is C29H25F3N4O4. The maximum Gasteiger partial charge on any atom is 0.470 e. The number of alkyl halides is 3. The number of benzene rings is 3. The van der Waals surface area contributed by atoms with E-state index in [4.69, 9.17) is 13.9 Å². The monoisotopic (exact) mass is 550 g/mol. The molecule has 0 bridgehead atoms. The van der Waals surface area contributed by atoms with E-state index in [2.05, 4.69) is 10.2 Å². The van der Waals surface area contributed by atoms with E-state index >= 15 is 0 Å². The third-order valence-corrected chi connectivity index (χ3v) is 6.95. The molecule has 40 heavy (non-hydrogen) atoms. The highest BCUT2D eigenvalue weighted by molar-refractivity contribution is 5.92. The zero-order valence-electron chi connectivity index (χ0n) is 21.4. The average molecular weight is 551 g/mol. The Morgan fingerprint density at radius 2 is 1.50 bits per heavy atom. The number of urea groups is 1. The number of aromatic nitrogens is 2. The lowest BCUT2D eigenvalue weighted by Gasteiger charge is -2.33. The number of anilines is 1. The van der Waals surface area contributed by atoms with Gasteiger partial charge >= 0.3 is 18.1 Å². The fourth-order valence-electron chi connectivity index (χ4n) is 4.82. The number of hydrogen-bond donors (Lipinski definition) is 0. The number of amides is 2. The van der Waals surface area contributed by atoms with Crippen molar-refractivity contribution in [3.05, 3.63) is 78.2 Å². The molecule has 11 heteroatoms. The highest BCUT2D eigenvalue weighted by atomic mass is 19.4. The highest BCUT2D eigenvalue weighted by Crippen LogP contribution is 2.36. The van der Waals surface area contributed by atoms with E-state index in [-0.39, 0.29) is 25.3 Å². The van der Waals surface area contributed by atoms with E-state index in [0.717, 1.165) is 41.6 Å². The number of carbonyl (C=O) groups excluding carboxylic acids is 1. The minimum Gasteiger partial charge on any atom is -0.454 e. The summed E-state index contributed by atoms with van der Waals surface area (Å²) in [5.41, 5.74) is 3.82.